The Morgan fingerprint density at radius 2 is 1.48 bits per heavy atom. The van der Waals surface area contributed by atoms with Gasteiger partial charge in [0.2, 0.25) is 21.8 Å². The molecule has 2 amide bonds. The number of carbonyl (C=O) groups is 2. The van der Waals surface area contributed by atoms with Crippen molar-refractivity contribution in [1.29, 1.82) is 0 Å². The van der Waals surface area contributed by atoms with Gasteiger partial charge in [-0.15, -0.1) is 0 Å². The van der Waals surface area contributed by atoms with Gasteiger partial charge in [0.15, 0.2) is 0 Å². The van der Waals surface area contributed by atoms with E-state index >= 15 is 0 Å². The highest BCUT2D eigenvalue weighted by atomic mass is 35.5. The Balaban J connectivity index is 2.03. The summed E-state index contributed by atoms with van der Waals surface area (Å²) in [5.41, 5.74) is 3.10. The van der Waals surface area contributed by atoms with E-state index in [9.17, 15) is 18.0 Å². The third-order valence-corrected chi connectivity index (χ3v) is 7.93. The van der Waals surface area contributed by atoms with Crippen molar-refractivity contribution >= 4 is 39.1 Å². The first-order valence-electron chi connectivity index (χ1n) is 13.4. The molecule has 7 nitrogen and oxygen atoms in total. The summed E-state index contributed by atoms with van der Waals surface area (Å²) >= 11 is 6.09. The van der Waals surface area contributed by atoms with Gasteiger partial charge in [-0.25, -0.2) is 8.42 Å². The lowest BCUT2D eigenvalue weighted by Crippen LogP contribution is -2.53. The Morgan fingerprint density at radius 1 is 0.875 bits per heavy atom. The van der Waals surface area contributed by atoms with Gasteiger partial charge >= 0.3 is 0 Å². The molecule has 3 aromatic carbocycles. The number of rotatable bonds is 13. The molecule has 40 heavy (non-hydrogen) atoms. The van der Waals surface area contributed by atoms with E-state index in [-0.39, 0.29) is 24.8 Å². The number of sulfonamides is 1. The molecule has 1 atom stereocenters. The molecule has 0 unspecified atom stereocenters. The second-order valence-electron chi connectivity index (χ2n) is 10.3. The summed E-state index contributed by atoms with van der Waals surface area (Å²) in [4.78, 5) is 29.1. The summed E-state index contributed by atoms with van der Waals surface area (Å²) in [6, 6.07) is 22.8. The fourth-order valence-corrected chi connectivity index (χ4v) is 5.25. The lowest BCUT2D eigenvalue weighted by Gasteiger charge is -2.33. The minimum Gasteiger partial charge on any atom is -0.354 e. The Morgan fingerprint density at radius 3 is 2.02 bits per heavy atom. The number of benzene rings is 3. The Bertz CT molecular complexity index is 1360. The summed E-state index contributed by atoms with van der Waals surface area (Å²) < 4.78 is 26.8. The first kappa shape index (κ1) is 31.2. The molecule has 214 valence electrons. The first-order valence-corrected chi connectivity index (χ1v) is 15.6. The zero-order valence-corrected chi connectivity index (χ0v) is 25.1. The normalized spacial score (nSPS) is 12.2. The molecular weight excluding hydrogens is 546 g/mol. The summed E-state index contributed by atoms with van der Waals surface area (Å²) in [5, 5.41) is 3.53. The van der Waals surface area contributed by atoms with Crippen LogP contribution in [0.5, 0.6) is 0 Å². The number of aryl methyl sites for hydroxylation is 1. The van der Waals surface area contributed by atoms with Crippen LogP contribution in [-0.2, 0) is 39.0 Å². The highest BCUT2D eigenvalue weighted by molar-refractivity contribution is 7.92. The molecule has 0 aromatic heterocycles. The highest BCUT2D eigenvalue weighted by Crippen LogP contribution is 2.22. The maximum Gasteiger partial charge on any atom is 0.244 e. The van der Waals surface area contributed by atoms with Crippen molar-refractivity contribution in [3.8, 4) is 0 Å². The number of nitrogens with zero attached hydrogens (tertiary/aromatic N) is 2. The van der Waals surface area contributed by atoms with E-state index in [1.807, 2.05) is 63.2 Å². The molecule has 0 aliphatic heterocycles. The third-order valence-electron chi connectivity index (χ3n) is 6.53. The van der Waals surface area contributed by atoms with E-state index in [2.05, 4.69) is 5.32 Å². The Kier molecular flexibility index (Phi) is 11.2. The van der Waals surface area contributed by atoms with Crippen molar-refractivity contribution in [3.63, 3.8) is 0 Å². The summed E-state index contributed by atoms with van der Waals surface area (Å²) in [6.45, 7) is 6.12. The van der Waals surface area contributed by atoms with Gasteiger partial charge in [0.25, 0.3) is 0 Å². The van der Waals surface area contributed by atoms with Crippen molar-refractivity contribution in [1.82, 2.24) is 10.2 Å². The summed E-state index contributed by atoms with van der Waals surface area (Å²) in [7, 11) is -3.80. The molecule has 0 heterocycles. The third kappa shape index (κ3) is 9.10. The highest BCUT2D eigenvalue weighted by Gasteiger charge is 2.33. The molecule has 0 aliphatic carbocycles. The quantitative estimate of drug-likeness (QED) is 0.304. The number of hydrogen-bond donors (Lipinski definition) is 1. The van der Waals surface area contributed by atoms with Crippen LogP contribution >= 0.6 is 11.6 Å². The van der Waals surface area contributed by atoms with Crippen LogP contribution in [0.2, 0.25) is 5.02 Å². The molecular formula is C31H38ClN3O4S. The van der Waals surface area contributed by atoms with Crippen LogP contribution in [0.4, 0.5) is 5.69 Å². The van der Waals surface area contributed by atoms with Gasteiger partial charge < -0.3 is 10.2 Å². The predicted octanol–water partition coefficient (Wildman–Crippen LogP) is 5.08. The van der Waals surface area contributed by atoms with Gasteiger partial charge in [-0.1, -0.05) is 87.0 Å². The molecule has 0 bridgehead atoms. The first-order chi connectivity index (χ1) is 19.0. The van der Waals surface area contributed by atoms with Gasteiger partial charge in [-0.2, -0.15) is 0 Å². The SMILES string of the molecule is CCc1ccc(N(CC(=O)N(Cc2ccc(Cl)cc2)[C@H](Cc2ccccc2)C(=O)NCC(C)C)S(C)(=O)=O)cc1. The van der Waals surface area contributed by atoms with Crippen LogP contribution in [0.3, 0.4) is 0 Å². The fraction of sp³-hybridized carbons (Fsp3) is 0.355. The lowest BCUT2D eigenvalue weighted by atomic mass is 10.0. The molecule has 0 saturated heterocycles. The van der Waals surface area contributed by atoms with Gasteiger partial charge in [-0.05, 0) is 53.3 Å². The molecule has 0 radical (unpaired) electrons. The van der Waals surface area contributed by atoms with E-state index in [1.165, 1.54) is 4.90 Å². The maximum atomic E-state index is 14.1. The number of nitrogens with one attached hydrogen (secondary N) is 1. The Labute approximate surface area is 243 Å². The second kappa shape index (κ2) is 14.3. The van der Waals surface area contributed by atoms with E-state index in [4.69, 9.17) is 11.6 Å². The van der Waals surface area contributed by atoms with Gasteiger partial charge in [0, 0.05) is 24.5 Å². The molecule has 1 N–H and O–H groups in total. The second-order valence-corrected chi connectivity index (χ2v) is 12.6. The van der Waals surface area contributed by atoms with Crippen LogP contribution in [0.15, 0.2) is 78.9 Å². The van der Waals surface area contributed by atoms with Gasteiger partial charge in [0.05, 0.1) is 11.9 Å². The largest absolute Gasteiger partial charge is 0.354 e. The lowest BCUT2D eigenvalue weighted by molar-refractivity contribution is -0.140. The number of hydrogen-bond acceptors (Lipinski definition) is 4. The number of carbonyl (C=O) groups excluding carboxylic acids is 2. The molecule has 3 rings (SSSR count). The monoisotopic (exact) mass is 583 g/mol. The number of amides is 2. The van der Waals surface area contributed by atoms with E-state index < -0.39 is 28.5 Å². The molecule has 0 fully saturated rings. The predicted molar refractivity (Wildman–Crippen MR) is 162 cm³/mol. The summed E-state index contributed by atoms with van der Waals surface area (Å²) in [6.07, 6.45) is 2.15. The standard InChI is InChI=1S/C31H38ClN3O4S/c1-5-24-13-17-28(18-14-24)35(40(4,38)39)22-30(36)34(21-26-11-15-27(32)16-12-26)29(31(37)33-20-23(2)3)19-25-9-7-6-8-10-25/h6-18,23,29H,5,19-22H2,1-4H3,(H,33,37)/t29-/m1/s1. The van der Waals surface area contributed by atoms with Crippen LogP contribution in [0.1, 0.15) is 37.5 Å². The van der Waals surface area contributed by atoms with Crippen molar-refractivity contribution in [2.75, 3.05) is 23.7 Å². The molecule has 3 aromatic rings. The van der Waals surface area contributed by atoms with Crippen molar-refractivity contribution < 1.29 is 18.0 Å². The van der Waals surface area contributed by atoms with E-state index in [0.29, 0.717) is 17.3 Å². The van der Waals surface area contributed by atoms with Gasteiger partial charge in [0.1, 0.15) is 12.6 Å². The van der Waals surface area contributed by atoms with E-state index in [1.54, 1.807) is 36.4 Å². The maximum absolute atomic E-state index is 14.1. The molecule has 0 spiro atoms. The topological polar surface area (TPSA) is 86.8 Å². The van der Waals surface area contributed by atoms with Crippen molar-refractivity contribution in [2.24, 2.45) is 5.92 Å². The molecule has 0 saturated carbocycles. The van der Waals surface area contributed by atoms with Crippen LogP contribution in [0, 0.1) is 5.92 Å². The van der Waals surface area contributed by atoms with Gasteiger partial charge in [-0.3, -0.25) is 13.9 Å². The average Bonchev–Trinajstić information content (AvgIpc) is 2.93. The number of anilines is 1. The average molecular weight is 584 g/mol. The Hall–Kier alpha value is -3.36. The smallest absolute Gasteiger partial charge is 0.244 e. The number of halogens is 1. The zero-order chi connectivity index (χ0) is 29.3. The molecule has 0 aliphatic rings. The van der Waals surface area contributed by atoms with E-state index in [0.717, 1.165) is 33.7 Å². The van der Waals surface area contributed by atoms with Crippen LogP contribution in [0.25, 0.3) is 0 Å². The van der Waals surface area contributed by atoms with Crippen LogP contribution < -0.4 is 9.62 Å². The minimum absolute atomic E-state index is 0.106. The fourth-order valence-electron chi connectivity index (χ4n) is 4.27. The molecule has 9 heteroatoms. The van der Waals surface area contributed by atoms with Crippen molar-refractivity contribution in [3.05, 3.63) is 101 Å². The zero-order valence-electron chi connectivity index (χ0n) is 23.5. The van der Waals surface area contributed by atoms with Crippen LogP contribution in [-0.4, -0.2) is 50.5 Å². The minimum atomic E-state index is -3.80. The van der Waals surface area contributed by atoms with Crippen molar-refractivity contribution in [2.45, 2.75) is 46.2 Å². The summed E-state index contributed by atoms with van der Waals surface area (Å²) in [5.74, 6) is -0.563.